The molecule has 11 nitrogen and oxygen atoms in total. The Morgan fingerprint density at radius 1 is 0.882 bits per heavy atom. The zero-order valence-electron chi connectivity index (χ0n) is 18.3. The van der Waals surface area contributed by atoms with Crippen LogP contribution < -0.4 is 10.0 Å². The highest BCUT2D eigenvalue weighted by Crippen LogP contribution is 2.22. The van der Waals surface area contributed by atoms with Crippen LogP contribution in [0.2, 0.25) is 0 Å². The van der Waals surface area contributed by atoms with E-state index in [1.165, 1.54) is 28.6 Å². The first-order valence-corrected chi connectivity index (χ1v) is 13.7. The summed E-state index contributed by atoms with van der Waals surface area (Å²) in [6.45, 7) is 0.805. The van der Waals surface area contributed by atoms with Crippen molar-refractivity contribution in [3.8, 4) is 0 Å². The number of anilines is 1. The van der Waals surface area contributed by atoms with Gasteiger partial charge in [0.15, 0.2) is 0 Å². The van der Waals surface area contributed by atoms with Crippen LogP contribution in [-0.4, -0.2) is 51.6 Å². The maximum absolute atomic E-state index is 12.8. The molecule has 2 N–H and O–H groups in total. The zero-order chi connectivity index (χ0) is 24.8. The van der Waals surface area contributed by atoms with E-state index >= 15 is 0 Å². The first-order chi connectivity index (χ1) is 16.1. The molecular weight excluding hydrogens is 484 g/mol. The summed E-state index contributed by atoms with van der Waals surface area (Å²) < 4.78 is 53.9. The van der Waals surface area contributed by atoms with E-state index in [0.29, 0.717) is 18.8 Å². The molecule has 1 aliphatic heterocycles. The Hall–Kier alpha value is -2.87. The van der Waals surface area contributed by atoms with Gasteiger partial charge in [-0.25, -0.2) is 21.6 Å². The number of nitrogens with one attached hydrogen (secondary N) is 2. The van der Waals surface area contributed by atoms with Gasteiger partial charge < -0.3 is 5.32 Å². The molecule has 1 fully saturated rings. The molecule has 0 radical (unpaired) electrons. The van der Waals surface area contributed by atoms with Crippen molar-refractivity contribution >= 4 is 37.3 Å². The Labute approximate surface area is 198 Å². The van der Waals surface area contributed by atoms with Crippen molar-refractivity contribution in [2.75, 3.05) is 25.0 Å². The Morgan fingerprint density at radius 2 is 1.44 bits per heavy atom. The van der Waals surface area contributed by atoms with Gasteiger partial charge in [0, 0.05) is 43.9 Å². The first-order valence-electron chi connectivity index (χ1n) is 10.7. The summed E-state index contributed by atoms with van der Waals surface area (Å²) in [5.41, 5.74) is 0.154. The number of hydrogen-bond donors (Lipinski definition) is 2. The zero-order valence-corrected chi connectivity index (χ0v) is 20.0. The fourth-order valence-electron chi connectivity index (χ4n) is 3.49. The summed E-state index contributed by atoms with van der Waals surface area (Å²) in [7, 11) is -7.52. The molecule has 1 saturated heterocycles. The molecule has 34 heavy (non-hydrogen) atoms. The molecule has 0 bridgehead atoms. The number of carbonyl (C=O) groups is 1. The van der Waals surface area contributed by atoms with E-state index < -0.39 is 30.9 Å². The van der Waals surface area contributed by atoms with Crippen LogP contribution in [0.1, 0.15) is 32.1 Å². The van der Waals surface area contributed by atoms with Crippen molar-refractivity contribution < 1.29 is 26.6 Å². The smallest absolute Gasteiger partial charge is 0.269 e. The predicted octanol–water partition coefficient (Wildman–Crippen LogP) is 2.47. The number of amides is 1. The second-order valence-corrected chi connectivity index (χ2v) is 11.5. The van der Waals surface area contributed by atoms with Gasteiger partial charge in [0.1, 0.15) is 0 Å². The molecule has 0 saturated carbocycles. The summed E-state index contributed by atoms with van der Waals surface area (Å²) >= 11 is 0. The summed E-state index contributed by atoms with van der Waals surface area (Å²) in [5, 5.41) is 13.3. The lowest BCUT2D eigenvalue weighted by atomic mass is 10.2. The van der Waals surface area contributed by atoms with Crippen LogP contribution in [0.15, 0.2) is 58.3 Å². The molecule has 0 atom stereocenters. The van der Waals surface area contributed by atoms with Crippen molar-refractivity contribution in [1.82, 2.24) is 9.03 Å². The van der Waals surface area contributed by atoms with Gasteiger partial charge in [-0.15, -0.1) is 0 Å². The minimum Gasteiger partial charge on any atom is -0.326 e. The number of non-ortho nitro benzene ring substituents is 1. The van der Waals surface area contributed by atoms with E-state index in [-0.39, 0.29) is 28.4 Å². The van der Waals surface area contributed by atoms with Crippen molar-refractivity contribution in [3.05, 3.63) is 58.6 Å². The van der Waals surface area contributed by atoms with Gasteiger partial charge >= 0.3 is 0 Å². The Bertz CT molecular complexity index is 1220. The number of rotatable bonds is 9. The van der Waals surface area contributed by atoms with Gasteiger partial charge in [-0.3, -0.25) is 14.9 Å². The quantitative estimate of drug-likeness (QED) is 0.388. The maximum Gasteiger partial charge on any atom is 0.269 e. The van der Waals surface area contributed by atoms with E-state index in [9.17, 15) is 31.7 Å². The SMILES string of the molecule is O=C(CCNS(=O)(=O)c1ccc([N+](=O)[O-])cc1)Nc1ccc(S(=O)(=O)N2CCCCCC2)cc1. The van der Waals surface area contributed by atoms with Crippen LogP contribution in [0.3, 0.4) is 0 Å². The number of carbonyl (C=O) groups excluding carboxylic acids is 1. The summed E-state index contributed by atoms with van der Waals surface area (Å²) in [6.07, 6.45) is 3.53. The number of hydrogen-bond acceptors (Lipinski definition) is 7. The van der Waals surface area contributed by atoms with E-state index in [2.05, 4.69) is 10.0 Å². The van der Waals surface area contributed by atoms with E-state index in [0.717, 1.165) is 49.9 Å². The monoisotopic (exact) mass is 510 g/mol. The molecular formula is C21H26N4O7S2. The van der Waals surface area contributed by atoms with Crippen LogP contribution in [0, 0.1) is 10.1 Å². The minimum atomic E-state index is -3.93. The predicted molar refractivity (Wildman–Crippen MR) is 125 cm³/mol. The normalized spacial score (nSPS) is 15.4. The Kier molecular flexibility index (Phi) is 8.36. The van der Waals surface area contributed by atoms with Gasteiger partial charge in [0.2, 0.25) is 26.0 Å². The van der Waals surface area contributed by atoms with Gasteiger partial charge in [-0.05, 0) is 49.2 Å². The maximum atomic E-state index is 12.8. The number of sulfonamides is 2. The fourth-order valence-corrected chi connectivity index (χ4v) is 6.04. The van der Waals surface area contributed by atoms with Gasteiger partial charge in [0.05, 0.1) is 14.7 Å². The number of nitro groups is 1. The van der Waals surface area contributed by atoms with E-state index in [1.807, 2.05) is 0 Å². The highest BCUT2D eigenvalue weighted by Gasteiger charge is 2.25. The Morgan fingerprint density at radius 3 is 2.00 bits per heavy atom. The van der Waals surface area contributed by atoms with Crippen molar-refractivity contribution in [1.29, 1.82) is 0 Å². The molecule has 0 aliphatic carbocycles. The molecule has 2 aromatic rings. The Balaban J connectivity index is 1.52. The molecule has 2 aromatic carbocycles. The topological polar surface area (TPSA) is 156 Å². The largest absolute Gasteiger partial charge is 0.326 e. The van der Waals surface area contributed by atoms with Crippen molar-refractivity contribution in [2.45, 2.75) is 41.9 Å². The number of nitro benzene ring substituents is 1. The third-order valence-corrected chi connectivity index (χ3v) is 8.73. The second-order valence-electron chi connectivity index (χ2n) is 7.79. The van der Waals surface area contributed by atoms with Crippen LogP contribution in [0.5, 0.6) is 0 Å². The molecule has 3 rings (SSSR count). The first kappa shape index (κ1) is 25.7. The lowest BCUT2D eigenvalue weighted by Crippen LogP contribution is -2.31. The molecule has 0 unspecified atom stereocenters. The van der Waals surface area contributed by atoms with Crippen LogP contribution in [0.4, 0.5) is 11.4 Å². The molecule has 1 aliphatic rings. The summed E-state index contributed by atoms with van der Waals surface area (Å²) in [6, 6.07) is 10.2. The second kappa shape index (κ2) is 11.0. The highest BCUT2D eigenvalue weighted by atomic mass is 32.2. The summed E-state index contributed by atoms with van der Waals surface area (Å²) in [4.78, 5) is 22.2. The average Bonchev–Trinajstić information content (AvgIpc) is 3.10. The van der Waals surface area contributed by atoms with E-state index in [1.54, 1.807) is 0 Å². The minimum absolute atomic E-state index is 0.153. The third kappa shape index (κ3) is 6.59. The van der Waals surface area contributed by atoms with Crippen LogP contribution >= 0.6 is 0 Å². The van der Waals surface area contributed by atoms with Crippen molar-refractivity contribution in [3.63, 3.8) is 0 Å². The summed E-state index contributed by atoms with van der Waals surface area (Å²) in [5.74, 6) is -0.463. The lowest BCUT2D eigenvalue weighted by molar-refractivity contribution is -0.384. The number of benzene rings is 2. The van der Waals surface area contributed by atoms with Gasteiger partial charge in [0.25, 0.3) is 5.69 Å². The van der Waals surface area contributed by atoms with Gasteiger partial charge in [-0.1, -0.05) is 12.8 Å². The third-order valence-electron chi connectivity index (χ3n) is 5.34. The number of nitrogens with zero attached hydrogens (tertiary/aromatic N) is 2. The fraction of sp³-hybridized carbons (Fsp3) is 0.381. The molecule has 1 amide bonds. The lowest BCUT2D eigenvalue weighted by Gasteiger charge is -2.20. The molecule has 0 spiro atoms. The average molecular weight is 511 g/mol. The molecule has 1 heterocycles. The highest BCUT2D eigenvalue weighted by molar-refractivity contribution is 7.89. The van der Waals surface area contributed by atoms with Crippen LogP contribution in [0.25, 0.3) is 0 Å². The van der Waals surface area contributed by atoms with Gasteiger partial charge in [-0.2, -0.15) is 4.31 Å². The van der Waals surface area contributed by atoms with E-state index in [4.69, 9.17) is 0 Å². The van der Waals surface area contributed by atoms with Crippen molar-refractivity contribution in [2.24, 2.45) is 0 Å². The molecule has 0 aromatic heterocycles. The molecule has 13 heteroatoms. The molecule has 184 valence electrons. The van der Waals surface area contributed by atoms with Crippen LogP contribution in [-0.2, 0) is 24.8 Å². The standard InChI is InChI=1S/C21H26N4O7S2/c26-21(13-14-22-33(29,30)19-11-7-18(8-12-19)25(27)28)23-17-5-9-20(10-6-17)34(31,32)24-15-3-1-2-4-16-24/h5-12,22H,1-4,13-16H2,(H,23,26).